The number of nitrogens with two attached hydrogens (primary N) is 1. The van der Waals surface area contributed by atoms with E-state index >= 15 is 0 Å². The molecule has 5 N–H and O–H groups in total. The van der Waals surface area contributed by atoms with Gasteiger partial charge in [0, 0.05) is 6.42 Å². The maximum Gasteiger partial charge on any atom is 0.238 e. The molecule has 0 aromatic carbocycles. The second-order valence-corrected chi connectivity index (χ2v) is 7.56. The summed E-state index contributed by atoms with van der Waals surface area (Å²) in [6, 6.07) is -1.27. The molecule has 5 nitrogen and oxygen atoms in total. The number of aliphatic hydroxyl groups is 2. The summed E-state index contributed by atoms with van der Waals surface area (Å²) >= 11 is 0. The number of nitrogens with one attached hydrogen (secondary N) is 1. The lowest BCUT2D eigenvalue weighted by atomic mass is 9.82. The van der Waals surface area contributed by atoms with E-state index in [1.165, 1.54) is 19.3 Å². The fourth-order valence-corrected chi connectivity index (χ4v) is 3.47. The molecule has 0 spiro atoms. The van der Waals surface area contributed by atoms with E-state index in [1.54, 1.807) is 0 Å². The molecular weight excluding hydrogens is 304 g/mol. The third-order valence-corrected chi connectivity index (χ3v) is 4.83. The molecule has 1 amide bonds. The van der Waals surface area contributed by atoms with Crippen molar-refractivity contribution < 1.29 is 15.0 Å². The summed E-state index contributed by atoms with van der Waals surface area (Å²) in [6.45, 7) is 3.99. The minimum absolute atomic E-state index is 0.159. The molecular formula is C19H34N2O3. The third kappa shape index (κ3) is 7.21. The molecule has 0 aliphatic heterocycles. The molecule has 0 saturated heterocycles. The number of carbonyl (C=O) groups is 1. The average Bonchev–Trinajstić information content (AvgIpc) is 2.54. The van der Waals surface area contributed by atoms with Gasteiger partial charge < -0.3 is 21.3 Å². The van der Waals surface area contributed by atoms with Crippen molar-refractivity contribution in [1.82, 2.24) is 5.32 Å². The van der Waals surface area contributed by atoms with E-state index in [2.05, 4.69) is 11.2 Å². The van der Waals surface area contributed by atoms with Crippen molar-refractivity contribution in [3.8, 4) is 12.3 Å². The van der Waals surface area contributed by atoms with Crippen LogP contribution >= 0.6 is 0 Å². The zero-order valence-corrected chi connectivity index (χ0v) is 15.1. The van der Waals surface area contributed by atoms with Crippen LogP contribution in [0.15, 0.2) is 0 Å². The Kier molecular flexibility index (Phi) is 9.35. The molecule has 1 aliphatic rings. The fraction of sp³-hybridized carbons (Fsp3) is 0.842. The normalized spacial score (nSPS) is 20.9. The van der Waals surface area contributed by atoms with Crippen LogP contribution in [-0.4, -0.2) is 40.4 Å². The molecule has 1 fully saturated rings. The van der Waals surface area contributed by atoms with Crippen LogP contribution in [0, 0.1) is 24.2 Å². The van der Waals surface area contributed by atoms with Crippen LogP contribution in [0.25, 0.3) is 0 Å². The van der Waals surface area contributed by atoms with Crippen LogP contribution in [0.2, 0.25) is 0 Å². The lowest BCUT2D eigenvalue weighted by Gasteiger charge is -2.33. The standard InChI is InChI=1S/C19H34N2O3/c1-4-8-15(20)19(24)21-16(12-14-9-6-5-7-10-14)18(23)17(22)11-13(2)3/h1,13-18,22-23H,5-12,20H2,2-3H3,(H,21,24)/t15?,16-,17?,18?/m0/s1. The zero-order valence-electron chi connectivity index (χ0n) is 15.1. The van der Waals surface area contributed by atoms with E-state index < -0.39 is 24.3 Å². The SMILES string of the molecule is C#CCC(N)C(=O)N[C@@H](CC1CCCCC1)C(O)C(O)CC(C)C. The van der Waals surface area contributed by atoms with Crippen LogP contribution in [0.5, 0.6) is 0 Å². The zero-order chi connectivity index (χ0) is 18.1. The minimum atomic E-state index is -0.990. The number of hydrogen-bond acceptors (Lipinski definition) is 4. The van der Waals surface area contributed by atoms with Gasteiger partial charge in [-0.05, 0) is 24.7 Å². The Morgan fingerprint density at radius 3 is 2.46 bits per heavy atom. The molecule has 24 heavy (non-hydrogen) atoms. The Labute approximate surface area is 146 Å². The summed E-state index contributed by atoms with van der Waals surface area (Å²) < 4.78 is 0. The first kappa shape index (κ1) is 21.0. The van der Waals surface area contributed by atoms with Crippen LogP contribution < -0.4 is 11.1 Å². The first-order valence-corrected chi connectivity index (χ1v) is 9.20. The van der Waals surface area contributed by atoms with Gasteiger partial charge in [-0.15, -0.1) is 12.3 Å². The van der Waals surface area contributed by atoms with Crippen molar-refractivity contribution >= 4 is 5.91 Å². The van der Waals surface area contributed by atoms with Crippen molar-refractivity contribution in [1.29, 1.82) is 0 Å². The second kappa shape index (κ2) is 10.7. The Hall–Kier alpha value is -1.09. The van der Waals surface area contributed by atoms with Gasteiger partial charge in [-0.25, -0.2) is 0 Å². The number of amides is 1. The minimum Gasteiger partial charge on any atom is -0.390 e. The highest BCUT2D eigenvalue weighted by atomic mass is 16.3. The predicted octanol–water partition coefficient (Wildman–Crippen LogP) is 1.56. The predicted molar refractivity (Wildman–Crippen MR) is 96.0 cm³/mol. The van der Waals surface area contributed by atoms with Gasteiger partial charge in [-0.3, -0.25) is 4.79 Å². The lowest BCUT2D eigenvalue weighted by Crippen LogP contribution is -2.53. The Bertz CT molecular complexity index is 413. The molecule has 1 saturated carbocycles. The van der Waals surface area contributed by atoms with Crippen LogP contribution in [-0.2, 0) is 4.79 Å². The fourth-order valence-electron chi connectivity index (χ4n) is 3.47. The Balaban J connectivity index is 2.73. The quantitative estimate of drug-likeness (QED) is 0.480. The monoisotopic (exact) mass is 338 g/mol. The number of hydrogen-bond donors (Lipinski definition) is 4. The molecule has 1 rings (SSSR count). The summed E-state index contributed by atoms with van der Waals surface area (Å²) in [5, 5.41) is 23.7. The molecule has 0 heterocycles. The molecule has 138 valence electrons. The summed E-state index contributed by atoms with van der Waals surface area (Å²) in [5.74, 6) is 2.76. The van der Waals surface area contributed by atoms with Crippen molar-refractivity contribution in [2.75, 3.05) is 0 Å². The number of rotatable bonds is 9. The first-order valence-electron chi connectivity index (χ1n) is 9.20. The van der Waals surface area contributed by atoms with Gasteiger partial charge in [0.25, 0.3) is 0 Å². The van der Waals surface area contributed by atoms with E-state index in [0.29, 0.717) is 18.8 Å². The summed E-state index contributed by atoms with van der Waals surface area (Å²) in [5.41, 5.74) is 5.77. The smallest absolute Gasteiger partial charge is 0.238 e. The van der Waals surface area contributed by atoms with Gasteiger partial charge in [-0.1, -0.05) is 46.0 Å². The van der Waals surface area contributed by atoms with Gasteiger partial charge in [0.1, 0.15) is 6.10 Å². The molecule has 4 atom stereocenters. The highest BCUT2D eigenvalue weighted by molar-refractivity contribution is 5.82. The van der Waals surface area contributed by atoms with Gasteiger partial charge in [0.05, 0.1) is 18.2 Å². The average molecular weight is 338 g/mol. The second-order valence-electron chi connectivity index (χ2n) is 7.56. The van der Waals surface area contributed by atoms with Crippen LogP contribution in [0.3, 0.4) is 0 Å². The third-order valence-electron chi connectivity index (χ3n) is 4.83. The van der Waals surface area contributed by atoms with Gasteiger partial charge in [-0.2, -0.15) is 0 Å². The molecule has 3 unspecified atom stereocenters. The van der Waals surface area contributed by atoms with E-state index in [4.69, 9.17) is 12.2 Å². The molecule has 5 heteroatoms. The van der Waals surface area contributed by atoms with E-state index in [0.717, 1.165) is 12.8 Å². The number of carbonyl (C=O) groups excluding carboxylic acids is 1. The molecule has 1 aliphatic carbocycles. The van der Waals surface area contributed by atoms with Gasteiger partial charge in [0.2, 0.25) is 5.91 Å². The highest BCUT2D eigenvalue weighted by Crippen LogP contribution is 2.28. The van der Waals surface area contributed by atoms with Crippen LogP contribution in [0.1, 0.15) is 65.2 Å². The topological polar surface area (TPSA) is 95.6 Å². The van der Waals surface area contributed by atoms with Gasteiger partial charge in [0.15, 0.2) is 0 Å². The van der Waals surface area contributed by atoms with Crippen molar-refractivity contribution in [2.24, 2.45) is 17.6 Å². The largest absolute Gasteiger partial charge is 0.390 e. The van der Waals surface area contributed by atoms with E-state index in [9.17, 15) is 15.0 Å². The van der Waals surface area contributed by atoms with E-state index in [1.807, 2.05) is 13.8 Å². The molecule has 0 radical (unpaired) electrons. The van der Waals surface area contributed by atoms with Crippen LogP contribution in [0.4, 0.5) is 0 Å². The summed E-state index contributed by atoms with van der Waals surface area (Å²) in [6.07, 6.45) is 10.5. The Morgan fingerprint density at radius 2 is 1.92 bits per heavy atom. The summed E-state index contributed by atoms with van der Waals surface area (Å²) in [7, 11) is 0. The van der Waals surface area contributed by atoms with Crippen molar-refractivity contribution in [3.05, 3.63) is 0 Å². The maximum atomic E-state index is 12.2. The number of terminal acetylenes is 1. The Morgan fingerprint density at radius 1 is 1.29 bits per heavy atom. The highest BCUT2D eigenvalue weighted by Gasteiger charge is 2.31. The van der Waals surface area contributed by atoms with Gasteiger partial charge >= 0.3 is 0 Å². The van der Waals surface area contributed by atoms with Crippen molar-refractivity contribution in [2.45, 2.75) is 89.5 Å². The summed E-state index contributed by atoms with van der Waals surface area (Å²) in [4.78, 5) is 12.2. The molecule has 0 aromatic heterocycles. The molecule has 0 aromatic rings. The lowest BCUT2D eigenvalue weighted by molar-refractivity contribution is -0.125. The van der Waals surface area contributed by atoms with Crippen molar-refractivity contribution in [3.63, 3.8) is 0 Å². The van der Waals surface area contributed by atoms with E-state index in [-0.39, 0.29) is 18.2 Å². The first-order chi connectivity index (χ1) is 11.3. The number of aliphatic hydroxyl groups excluding tert-OH is 2. The maximum absolute atomic E-state index is 12.2. The molecule has 0 bridgehead atoms.